The molecule has 1 heterocycles. The first-order chi connectivity index (χ1) is 11.8. The molecule has 1 aliphatic carbocycles. The zero-order valence-corrected chi connectivity index (χ0v) is 13.0. The Kier molecular flexibility index (Phi) is 4.46. The molecule has 0 aliphatic heterocycles. The normalized spacial score (nSPS) is 14.6. The number of hydrogen-bond donors (Lipinski definition) is 0. The molecular formula is C15H13F4N3O3. The summed E-state index contributed by atoms with van der Waals surface area (Å²) in [6, 6.07) is 3.66. The van der Waals surface area contributed by atoms with Gasteiger partial charge in [0.25, 0.3) is 0 Å². The van der Waals surface area contributed by atoms with Crippen molar-refractivity contribution in [1.82, 2.24) is 15.2 Å². The van der Waals surface area contributed by atoms with Crippen molar-refractivity contribution in [2.24, 2.45) is 5.92 Å². The van der Waals surface area contributed by atoms with Crippen molar-refractivity contribution in [3.63, 3.8) is 0 Å². The van der Waals surface area contributed by atoms with Gasteiger partial charge in [-0.15, -0.1) is 0 Å². The minimum absolute atomic E-state index is 0.0259. The summed E-state index contributed by atoms with van der Waals surface area (Å²) in [4.78, 5) is 20.2. The molecule has 0 N–H and O–H groups in total. The smallest absolute Gasteiger partial charge is 0.329 e. The fraction of sp³-hybridized carbons (Fsp3) is 0.400. The van der Waals surface area contributed by atoms with Gasteiger partial charge in [0, 0.05) is 17.0 Å². The number of aromatic nitrogens is 2. The summed E-state index contributed by atoms with van der Waals surface area (Å²) in [6.07, 6.45) is -3.22. The average molecular weight is 359 g/mol. The van der Waals surface area contributed by atoms with Crippen LogP contribution in [0.5, 0.6) is 0 Å². The zero-order valence-electron chi connectivity index (χ0n) is 13.0. The topological polar surface area (TPSA) is 68.5 Å². The van der Waals surface area contributed by atoms with Crippen molar-refractivity contribution in [3.05, 3.63) is 35.5 Å². The fourth-order valence-electron chi connectivity index (χ4n) is 2.19. The first-order valence-corrected chi connectivity index (χ1v) is 7.34. The van der Waals surface area contributed by atoms with Crippen LogP contribution in [0.15, 0.2) is 22.7 Å². The predicted molar refractivity (Wildman–Crippen MR) is 75.0 cm³/mol. The summed E-state index contributed by atoms with van der Waals surface area (Å²) in [7, 11) is 1.31. The van der Waals surface area contributed by atoms with E-state index in [1.54, 1.807) is 0 Å². The van der Waals surface area contributed by atoms with Crippen LogP contribution in [0.3, 0.4) is 0 Å². The third-order valence-corrected chi connectivity index (χ3v) is 3.69. The van der Waals surface area contributed by atoms with Crippen molar-refractivity contribution in [2.75, 3.05) is 7.11 Å². The monoisotopic (exact) mass is 359 g/mol. The molecular weight excluding hydrogens is 346 g/mol. The minimum Gasteiger partial charge on any atom is -0.329 e. The second-order valence-corrected chi connectivity index (χ2v) is 5.56. The Bertz CT molecular complexity index is 787. The first-order valence-electron chi connectivity index (χ1n) is 7.34. The number of rotatable bonds is 5. The molecule has 0 spiro atoms. The van der Waals surface area contributed by atoms with E-state index in [0.717, 1.165) is 24.0 Å². The number of halogens is 4. The van der Waals surface area contributed by atoms with Gasteiger partial charge in [-0.05, 0) is 18.9 Å². The Morgan fingerprint density at radius 2 is 2.12 bits per heavy atom. The second-order valence-electron chi connectivity index (χ2n) is 5.56. The highest BCUT2D eigenvalue weighted by Crippen LogP contribution is 2.32. The maximum absolute atomic E-state index is 14.3. The molecule has 1 amide bonds. The Hall–Kier alpha value is -2.49. The molecule has 1 aromatic heterocycles. The summed E-state index contributed by atoms with van der Waals surface area (Å²) in [6.45, 7) is -0.113. The first kappa shape index (κ1) is 17.3. The number of carbonyl (C=O) groups is 1. The number of nitrogens with zero attached hydrogens (tertiary/aromatic N) is 3. The van der Waals surface area contributed by atoms with Crippen LogP contribution in [0.2, 0.25) is 0 Å². The van der Waals surface area contributed by atoms with Crippen molar-refractivity contribution in [3.8, 4) is 11.4 Å². The number of hydrogen-bond acceptors (Lipinski definition) is 5. The molecule has 1 fully saturated rings. The van der Waals surface area contributed by atoms with Crippen LogP contribution < -0.4 is 0 Å². The maximum Gasteiger partial charge on any atom is 0.471 e. The molecule has 0 radical (unpaired) electrons. The Morgan fingerprint density at radius 3 is 2.64 bits per heavy atom. The minimum atomic E-state index is -4.77. The SMILES string of the molecule is CON(Cc1ccc(-c2noc(C(F)(F)F)n2)cc1F)C(=O)C1CC1. The number of hydroxylamine groups is 2. The van der Waals surface area contributed by atoms with Gasteiger partial charge >= 0.3 is 12.1 Å². The molecule has 25 heavy (non-hydrogen) atoms. The molecule has 0 unspecified atom stereocenters. The van der Waals surface area contributed by atoms with Crippen LogP contribution in [-0.4, -0.2) is 28.2 Å². The second kappa shape index (κ2) is 6.43. The highest BCUT2D eigenvalue weighted by Gasteiger charge is 2.38. The van der Waals surface area contributed by atoms with Gasteiger partial charge in [-0.2, -0.15) is 18.2 Å². The largest absolute Gasteiger partial charge is 0.471 e. The lowest BCUT2D eigenvalue weighted by atomic mass is 10.1. The molecule has 1 aliphatic rings. The van der Waals surface area contributed by atoms with E-state index in [-0.39, 0.29) is 35.3 Å². The van der Waals surface area contributed by atoms with Crippen molar-refractivity contribution in [2.45, 2.75) is 25.6 Å². The Balaban J connectivity index is 1.78. The van der Waals surface area contributed by atoms with E-state index < -0.39 is 17.9 Å². The summed E-state index contributed by atoms with van der Waals surface area (Å²) in [5.74, 6) is -2.93. The van der Waals surface area contributed by atoms with Crippen LogP contribution in [-0.2, 0) is 22.4 Å². The molecule has 10 heteroatoms. The molecule has 0 bridgehead atoms. The molecule has 1 aromatic carbocycles. The highest BCUT2D eigenvalue weighted by molar-refractivity contribution is 5.80. The van der Waals surface area contributed by atoms with Crippen LogP contribution in [0.25, 0.3) is 11.4 Å². The third-order valence-electron chi connectivity index (χ3n) is 3.69. The van der Waals surface area contributed by atoms with Gasteiger partial charge in [-0.25, -0.2) is 9.45 Å². The van der Waals surface area contributed by atoms with E-state index in [1.165, 1.54) is 19.2 Å². The van der Waals surface area contributed by atoms with Gasteiger partial charge < -0.3 is 4.52 Å². The number of benzene rings is 1. The van der Waals surface area contributed by atoms with Gasteiger partial charge in [0.1, 0.15) is 5.82 Å². The lowest BCUT2D eigenvalue weighted by Crippen LogP contribution is -2.31. The summed E-state index contributed by atoms with van der Waals surface area (Å²) in [5, 5.41) is 4.26. The molecule has 0 saturated heterocycles. The number of alkyl halides is 3. The van der Waals surface area contributed by atoms with Crippen molar-refractivity contribution < 1.29 is 31.7 Å². The van der Waals surface area contributed by atoms with Crippen LogP contribution in [0, 0.1) is 11.7 Å². The summed E-state index contributed by atoms with van der Waals surface area (Å²) >= 11 is 0. The van der Waals surface area contributed by atoms with Gasteiger partial charge in [0.2, 0.25) is 11.7 Å². The van der Waals surface area contributed by atoms with E-state index in [0.29, 0.717) is 0 Å². The van der Waals surface area contributed by atoms with E-state index in [9.17, 15) is 22.4 Å². The molecule has 2 aromatic rings. The number of amides is 1. The quantitative estimate of drug-likeness (QED) is 0.606. The molecule has 6 nitrogen and oxygen atoms in total. The molecule has 1 saturated carbocycles. The fourth-order valence-corrected chi connectivity index (χ4v) is 2.19. The van der Waals surface area contributed by atoms with Crippen LogP contribution in [0.4, 0.5) is 17.6 Å². The van der Waals surface area contributed by atoms with Gasteiger partial charge in [-0.1, -0.05) is 17.3 Å². The molecule has 0 atom stereocenters. The maximum atomic E-state index is 14.3. The van der Waals surface area contributed by atoms with Crippen LogP contribution in [0.1, 0.15) is 24.3 Å². The Labute approximate surface area is 139 Å². The predicted octanol–water partition coefficient (Wildman–Crippen LogP) is 3.19. The van der Waals surface area contributed by atoms with Gasteiger partial charge in [0.15, 0.2) is 0 Å². The van der Waals surface area contributed by atoms with Crippen LogP contribution >= 0.6 is 0 Å². The highest BCUT2D eigenvalue weighted by atomic mass is 19.4. The van der Waals surface area contributed by atoms with Crippen molar-refractivity contribution in [1.29, 1.82) is 0 Å². The van der Waals surface area contributed by atoms with Gasteiger partial charge in [0.05, 0.1) is 13.7 Å². The molecule has 3 rings (SSSR count). The lowest BCUT2D eigenvalue weighted by Gasteiger charge is -2.20. The Morgan fingerprint density at radius 1 is 1.40 bits per heavy atom. The van der Waals surface area contributed by atoms with Crippen molar-refractivity contribution >= 4 is 5.91 Å². The van der Waals surface area contributed by atoms with E-state index >= 15 is 0 Å². The average Bonchev–Trinajstić information content (AvgIpc) is 3.28. The lowest BCUT2D eigenvalue weighted by molar-refractivity contribution is -0.181. The van der Waals surface area contributed by atoms with E-state index in [1.807, 2.05) is 0 Å². The summed E-state index contributed by atoms with van der Waals surface area (Å²) < 4.78 is 55.8. The summed E-state index contributed by atoms with van der Waals surface area (Å²) in [5.41, 5.74) is 0.178. The molecule has 134 valence electrons. The van der Waals surface area contributed by atoms with E-state index in [2.05, 4.69) is 14.7 Å². The zero-order chi connectivity index (χ0) is 18.2. The third kappa shape index (κ3) is 3.78. The standard InChI is InChI=1S/C15H13F4N3O3/c1-24-22(13(23)8-2-3-8)7-10-5-4-9(6-11(10)16)12-20-14(25-21-12)15(17,18)19/h4-6,8H,2-3,7H2,1H3. The number of carbonyl (C=O) groups excluding carboxylic acids is 1. The van der Waals surface area contributed by atoms with Gasteiger partial charge in [-0.3, -0.25) is 9.63 Å². The van der Waals surface area contributed by atoms with E-state index in [4.69, 9.17) is 4.84 Å².